The molecule has 1 aliphatic rings. The molecule has 8 nitrogen and oxygen atoms in total. The number of amides is 1. The Hall–Kier alpha value is -2.09. The number of hydrogen-bond donors (Lipinski definition) is 1. The lowest BCUT2D eigenvalue weighted by molar-refractivity contribution is -0.127. The van der Waals surface area contributed by atoms with Crippen LogP contribution in [0.2, 0.25) is 0 Å². The van der Waals surface area contributed by atoms with E-state index in [1.807, 2.05) is 13.0 Å². The molecule has 0 spiro atoms. The fourth-order valence-corrected chi connectivity index (χ4v) is 2.69. The van der Waals surface area contributed by atoms with E-state index in [-0.39, 0.29) is 12.5 Å². The molecular formula is C18H32N6O2. The molecule has 146 valence electrons. The average Bonchev–Trinajstić information content (AvgIpc) is 3.00. The van der Waals surface area contributed by atoms with Gasteiger partial charge >= 0.3 is 0 Å². The average molecular weight is 364 g/mol. The van der Waals surface area contributed by atoms with Crippen molar-refractivity contribution in [3.05, 3.63) is 17.5 Å². The second kappa shape index (κ2) is 9.56. The molecule has 0 unspecified atom stereocenters. The summed E-state index contributed by atoms with van der Waals surface area (Å²) in [5.74, 6) is 2.19. The van der Waals surface area contributed by atoms with E-state index in [0.717, 1.165) is 56.7 Å². The largest absolute Gasteiger partial charge is 0.361 e. The van der Waals surface area contributed by atoms with E-state index < -0.39 is 0 Å². The van der Waals surface area contributed by atoms with Gasteiger partial charge in [0.05, 0.1) is 5.69 Å². The molecule has 2 rings (SSSR count). The summed E-state index contributed by atoms with van der Waals surface area (Å²) in [4.78, 5) is 22.6. The third-order valence-corrected chi connectivity index (χ3v) is 4.27. The lowest BCUT2D eigenvalue weighted by atomic mass is 10.2. The van der Waals surface area contributed by atoms with Crippen LogP contribution in [0.5, 0.6) is 0 Å². The van der Waals surface area contributed by atoms with Gasteiger partial charge in [-0.3, -0.25) is 9.69 Å². The van der Waals surface area contributed by atoms with E-state index in [9.17, 15) is 4.79 Å². The minimum Gasteiger partial charge on any atom is -0.361 e. The molecule has 1 N–H and O–H groups in total. The summed E-state index contributed by atoms with van der Waals surface area (Å²) >= 11 is 0. The summed E-state index contributed by atoms with van der Waals surface area (Å²) in [6.07, 6.45) is 0. The third-order valence-electron chi connectivity index (χ3n) is 4.27. The molecule has 8 heteroatoms. The van der Waals surface area contributed by atoms with Gasteiger partial charge in [-0.25, -0.2) is 4.99 Å². The van der Waals surface area contributed by atoms with E-state index in [1.165, 1.54) is 0 Å². The summed E-state index contributed by atoms with van der Waals surface area (Å²) < 4.78 is 5.14. The molecule has 0 aromatic carbocycles. The molecule has 2 heterocycles. The fourth-order valence-electron chi connectivity index (χ4n) is 2.69. The molecule has 1 saturated heterocycles. The van der Waals surface area contributed by atoms with Crippen molar-refractivity contribution in [2.24, 2.45) is 10.9 Å². The number of guanidine groups is 1. The van der Waals surface area contributed by atoms with Crippen LogP contribution in [-0.4, -0.2) is 85.1 Å². The van der Waals surface area contributed by atoms with Crippen LogP contribution in [0, 0.1) is 12.8 Å². The monoisotopic (exact) mass is 364 g/mol. The summed E-state index contributed by atoms with van der Waals surface area (Å²) in [6.45, 7) is 11.6. The van der Waals surface area contributed by atoms with Crippen LogP contribution in [0.25, 0.3) is 0 Å². The minimum absolute atomic E-state index is 0.00823. The van der Waals surface area contributed by atoms with Crippen molar-refractivity contribution < 1.29 is 9.32 Å². The summed E-state index contributed by atoms with van der Waals surface area (Å²) in [5, 5.41) is 7.48. The molecule has 0 bridgehead atoms. The number of nitrogens with one attached hydrogen (secondary N) is 1. The van der Waals surface area contributed by atoms with Gasteiger partial charge in [-0.05, 0) is 12.8 Å². The van der Waals surface area contributed by atoms with Crippen molar-refractivity contribution in [3.63, 3.8) is 0 Å². The molecule has 1 fully saturated rings. The van der Waals surface area contributed by atoms with Crippen LogP contribution in [-0.2, 0) is 11.3 Å². The summed E-state index contributed by atoms with van der Waals surface area (Å²) in [6, 6.07) is 1.98. The number of aromatic nitrogens is 1. The van der Waals surface area contributed by atoms with E-state index in [2.05, 4.69) is 39.1 Å². The van der Waals surface area contributed by atoms with Gasteiger partial charge in [0, 0.05) is 59.4 Å². The highest BCUT2D eigenvalue weighted by Gasteiger charge is 2.21. The molecule has 1 aromatic rings. The topological polar surface area (TPSA) is 77.2 Å². The standard InChI is InChI=1S/C18H32N6O2/c1-14(2)11-19-18(20-12-17(25)22(4)5)24-8-6-23(7-9-24)13-16-10-15(3)26-21-16/h10,14H,6-9,11-13H2,1-5H3,(H,19,20). The summed E-state index contributed by atoms with van der Waals surface area (Å²) in [7, 11) is 3.51. The number of likely N-dealkylation sites (N-methyl/N-ethyl adjacent to an activating group) is 1. The third kappa shape index (κ3) is 6.33. The van der Waals surface area contributed by atoms with Crippen LogP contribution < -0.4 is 5.32 Å². The Morgan fingerprint density at radius 2 is 2.04 bits per heavy atom. The Labute approximate surface area is 156 Å². The Morgan fingerprint density at radius 1 is 1.35 bits per heavy atom. The second-order valence-corrected chi connectivity index (χ2v) is 7.39. The molecule has 0 atom stereocenters. The van der Waals surface area contributed by atoms with Gasteiger partial charge in [-0.15, -0.1) is 0 Å². The normalized spacial score (nSPS) is 16.2. The number of aliphatic imine (C=N–C) groups is 1. The second-order valence-electron chi connectivity index (χ2n) is 7.39. The highest BCUT2D eigenvalue weighted by atomic mass is 16.5. The van der Waals surface area contributed by atoms with Crippen molar-refractivity contribution in [3.8, 4) is 0 Å². The van der Waals surface area contributed by atoms with Crippen LogP contribution in [0.4, 0.5) is 0 Å². The highest BCUT2D eigenvalue weighted by molar-refractivity contribution is 5.84. The van der Waals surface area contributed by atoms with Crippen LogP contribution >= 0.6 is 0 Å². The summed E-state index contributed by atoms with van der Waals surface area (Å²) in [5.41, 5.74) is 0.972. The van der Waals surface area contributed by atoms with E-state index in [1.54, 1.807) is 19.0 Å². The van der Waals surface area contributed by atoms with Crippen LogP contribution in [0.1, 0.15) is 25.3 Å². The van der Waals surface area contributed by atoms with Crippen LogP contribution in [0.3, 0.4) is 0 Å². The van der Waals surface area contributed by atoms with Crippen molar-refractivity contribution >= 4 is 11.9 Å². The number of piperazine rings is 1. The van der Waals surface area contributed by atoms with E-state index in [4.69, 9.17) is 4.52 Å². The number of rotatable bonds is 6. The molecule has 26 heavy (non-hydrogen) atoms. The van der Waals surface area contributed by atoms with Gasteiger partial charge in [0.1, 0.15) is 12.3 Å². The van der Waals surface area contributed by atoms with Gasteiger partial charge in [-0.2, -0.15) is 0 Å². The van der Waals surface area contributed by atoms with Crippen LogP contribution in [0.15, 0.2) is 15.6 Å². The van der Waals surface area contributed by atoms with Crippen molar-refractivity contribution in [1.29, 1.82) is 0 Å². The van der Waals surface area contributed by atoms with Crippen molar-refractivity contribution in [2.45, 2.75) is 27.3 Å². The first-order valence-corrected chi connectivity index (χ1v) is 9.23. The zero-order valence-electron chi connectivity index (χ0n) is 16.7. The maximum atomic E-state index is 11.9. The fraction of sp³-hybridized carbons (Fsp3) is 0.722. The van der Waals surface area contributed by atoms with Gasteiger partial charge in [0.15, 0.2) is 5.96 Å². The molecule has 0 aliphatic carbocycles. The van der Waals surface area contributed by atoms with Gasteiger partial charge in [-0.1, -0.05) is 19.0 Å². The highest BCUT2D eigenvalue weighted by Crippen LogP contribution is 2.09. The Balaban J connectivity index is 1.91. The van der Waals surface area contributed by atoms with Gasteiger partial charge in [0.2, 0.25) is 5.91 Å². The van der Waals surface area contributed by atoms with Gasteiger partial charge in [0.25, 0.3) is 0 Å². The SMILES string of the molecule is Cc1cc(CN2CCN(C(=NCC(=O)N(C)C)NCC(C)C)CC2)no1. The van der Waals surface area contributed by atoms with Gasteiger partial charge < -0.3 is 19.6 Å². The smallest absolute Gasteiger partial charge is 0.243 e. The number of hydrogen-bond acceptors (Lipinski definition) is 5. The number of aryl methyl sites for hydroxylation is 1. The molecule has 1 aromatic heterocycles. The number of nitrogens with zero attached hydrogens (tertiary/aromatic N) is 5. The quantitative estimate of drug-likeness (QED) is 0.594. The van der Waals surface area contributed by atoms with E-state index >= 15 is 0 Å². The minimum atomic E-state index is 0.00823. The number of carbonyl (C=O) groups excluding carboxylic acids is 1. The zero-order valence-corrected chi connectivity index (χ0v) is 16.7. The molecule has 1 aliphatic heterocycles. The Bertz CT molecular complexity index is 603. The Morgan fingerprint density at radius 3 is 2.58 bits per heavy atom. The maximum absolute atomic E-state index is 11.9. The lowest BCUT2D eigenvalue weighted by Crippen LogP contribution is -2.52. The predicted octanol–water partition coefficient (Wildman–Crippen LogP) is 0.790. The van der Waals surface area contributed by atoms with Crippen molar-refractivity contribution in [2.75, 3.05) is 53.4 Å². The predicted molar refractivity (Wildman–Crippen MR) is 102 cm³/mol. The first-order valence-electron chi connectivity index (χ1n) is 9.23. The first kappa shape index (κ1) is 20.2. The lowest BCUT2D eigenvalue weighted by Gasteiger charge is -2.36. The zero-order chi connectivity index (χ0) is 19.1. The molecule has 0 saturated carbocycles. The maximum Gasteiger partial charge on any atom is 0.243 e. The molecule has 0 radical (unpaired) electrons. The molecular weight excluding hydrogens is 332 g/mol. The first-order chi connectivity index (χ1) is 12.3. The van der Waals surface area contributed by atoms with E-state index in [0.29, 0.717) is 5.92 Å². The molecule has 1 amide bonds. The Kier molecular flexibility index (Phi) is 7.44. The number of carbonyl (C=O) groups is 1. The van der Waals surface area contributed by atoms with Crippen molar-refractivity contribution in [1.82, 2.24) is 25.2 Å².